The highest BCUT2D eigenvalue weighted by Crippen LogP contribution is 2.06. The van der Waals surface area contributed by atoms with Crippen molar-refractivity contribution >= 4 is 35.6 Å². The zero-order valence-corrected chi connectivity index (χ0v) is 18.5. The van der Waals surface area contributed by atoms with Crippen LogP contribution in [0.4, 0.5) is 0 Å². The van der Waals surface area contributed by atoms with Gasteiger partial charge in [-0.2, -0.15) is 0 Å². The van der Waals surface area contributed by atoms with Gasteiger partial charge in [-0.05, 0) is 18.9 Å². The first-order chi connectivity index (χ1) is 15.9. The average Bonchev–Trinajstić information content (AvgIpc) is 2.75. The first-order valence-corrected chi connectivity index (χ1v) is 10.3. The number of hydrogen-bond acceptors (Lipinski definition) is 7. The second kappa shape index (κ2) is 13.5. The molecule has 186 valence electrons. The van der Waals surface area contributed by atoms with Crippen molar-refractivity contribution in [1.29, 1.82) is 0 Å². The van der Waals surface area contributed by atoms with Crippen molar-refractivity contribution < 1.29 is 39.0 Å². The Hall–Kier alpha value is -4.00. The summed E-state index contributed by atoms with van der Waals surface area (Å²) in [6, 6.07) is 3.31. The Kier molecular flexibility index (Phi) is 11.2. The summed E-state index contributed by atoms with van der Waals surface area (Å²) >= 11 is 0. The number of primary amides is 1. The standard InChI is InChI=1S/C21H29N5O8/c1-11(24-19(31)13(22)10-17(28)29)18(30)25-14(7-8-16(23)27)20(32)26-15(21(33)34)9-12-5-3-2-4-6-12/h2-6,11,13-15H,7-10,22H2,1H3,(H2,23,27)(H,24,31)(H,25,30)(H,26,32)(H,28,29)(H,33,34). The van der Waals surface area contributed by atoms with Crippen molar-refractivity contribution in [2.75, 3.05) is 0 Å². The molecule has 0 spiro atoms. The van der Waals surface area contributed by atoms with Crippen LogP contribution in [0.1, 0.15) is 31.7 Å². The molecular weight excluding hydrogens is 450 g/mol. The molecule has 0 fully saturated rings. The maximum atomic E-state index is 12.8. The van der Waals surface area contributed by atoms with Gasteiger partial charge in [0.25, 0.3) is 0 Å². The van der Waals surface area contributed by atoms with E-state index in [0.717, 1.165) is 0 Å². The highest BCUT2D eigenvalue weighted by atomic mass is 16.4. The number of carboxylic acid groups (broad SMARTS) is 2. The molecule has 0 aliphatic rings. The Labute approximate surface area is 195 Å². The van der Waals surface area contributed by atoms with Gasteiger partial charge in [-0.25, -0.2) is 4.79 Å². The molecule has 0 bridgehead atoms. The molecule has 0 saturated carbocycles. The van der Waals surface area contributed by atoms with Crippen LogP contribution in [0, 0.1) is 0 Å². The fourth-order valence-electron chi connectivity index (χ4n) is 2.84. The van der Waals surface area contributed by atoms with E-state index in [1.54, 1.807) is 30.3 Å². The van der Waals surface area contributed by atoms with Crippen molar-refractivity contribution in [3.8, 4) is 0 Å². The van der Waals surface area contributed by atoms with Crippen molar-refractivity contribution in [3.63, 3.8) is 0 Å². The number of aliphatic carboxylic acids is 2. The fourth-order valence-corrected chi connectivity index (χ4v) is 2.84. The molecule has 9 N–H and O–H groups in total. The Balaban J connectivity index is 2.86. The topological polar surface area (TPSA) is 231 Å². The van der Waals surface area contributed by atoms with Gasteiger partial charge in [0.1, 0.15) is 18.1 Å². The molecule has 0 aromatic heterocycles. The summed E-state index contributed by atoms with van der Waals surface area (Å²) in [5, 5.41) is 25.1. The number of hydrogen-bond donors (Lipinski definition) is 7. The van der Waals surface area contributed by atoms with Crippen LogP contribution in [-0.2, 0) is 35.2 Å². The van der Waals surface area contributed by atoms with Crippen LogP contribution in [0.3, 0.4) is 0 Å². The van der Waals surface area contributed by atoms with Crippen LogP contribution in [0.15, 0.2) is 30.3 Å². The third-order valence-corrected chi connectivity index (χ3v) is 4.69. The van der Waals surface area contributed by atoms with Gasteiger partial charge in [0.05, 0.1) is 12.5 Å². The van der Waals surface area contributed by atoms with Crippen LogP contribution >= 0.6 is 0 Å². The molecule has 1 rings (SSSR count). The summed E-state index contributed by atoms with van der Waals surface area (Å²) in [5.41, 5.74) is 11.2. The van der Waals surface area contributed by atoms with Crippen LogP contribution in [0.5, 0.6) is 0 Å². The van der Waals surface area contributed by atoms with Crippen molar-refractivity contribution in [2.24, 2.45) is 11.5 Å². The summed E-state index contributed by atoms with van der Waals surface area (Å²) in [5.74, 6) is -5.93. The summed E-state index contributed by atoms with van der Waals surface area (Å²) in [6.45, 7) is 1.28. The predicted octanol–water partition coefficient (Wildman–Crippen LogP) is -2.14. The minimum Gasteiger partial charge on any atom is -0.481 e. The second-order valence-electron chi connectivity index (χ2n) is 7.59. The van der Waals surface area contributed by atoms with E-state index in [0.29, 0.717) is 5.56 Å². The van der Waals surface area contributed by atoms with E-state index in [1.807, 2.05) is 0 Å². The minimum absolute atomic E-state index is 0.0215. The van der Waals surface area contributed by atoms with Crippen LogP contribution in [0.2, 0.25) is 0 Å². The number of benzene rings is 1. The molecular formula is C21H29N5O8. The van der Waals surface area contributed by atoms with E-state index in [1.165, 1.54) is 6.92 Å². The Bertz CT molecular complexity index is 908. The first kappa shape index (κ1) is 28.0. The third-order valence-electron chi connectivity index (χ3n) is 4.69. The van der Waals surface area contributed by atoms with Crippen molar-refractivity contribution in [1.82, 2.24) is 16.0 Å². The fraction of sp³-hybridized carbons (Fsp3) is 0.429. The molecule has 13 heteroatoms. The molecule has 0 aliphatic carbocycles. The maximum absolute atomic E-state index is 12.8. The summed E-state index contributed by atoms with van der Waals surface area (Å²) in [4.78, 5) is 70.7. The van der Waals surface area contributed by atoms with E-state index in [-0.39, 0.29) is 19.3 Å². The van der Waals surface area contributed by atoms with Crippen LogP contribution in [-0.4, -0.2) is 69.9 Å². The minimum atomic E-state index is -1.39. The van der Waals surface area contributed by atoms with Crippen LogP contribution < -0.4 is 27.4 Å². The van der Waals surface area contributed by atoms with Gasteiger partial charge in [-0.1, -0.05) is 30.3 Å². The normalized spacial score (nSPS) is 14.1. The van der Waals surface area contributed by atoms with Crippen molar-refractivity contribution in [2.45, 2.75) is 56.8 Å². The Morgan fingerprint density at radius 3 is 2.00 bits per heavy atom. The number of carboxylic acids is 2. The van der Waals surface area contributed by atoms with Crippen molar-refractivity contribution in [3.05, 3.63) is 35.9 Å². The van der Waals surface area contributed by atoms with E-state index in [2.05, 4.69) is 16.0 Å². The van der Waals surface area contributed by atoms with Gasteiger partial charge in [0.15, 0.2) is 0 Å². The van der Waals surface area contributed by atoms with Gasteiger partial charge >= 0.3 is 11.9 Å². The molecule has 0 aliphatic heterocycles. The molecule has 1 aromatic rings. The predicted molar refractivity (Wildman–Crippen MR) is 118 cm³/mol. The lowest BCUT2D eigenvalue weighted by molar-refractivity contribution is -0.142. The number of carbonyl (C=O) groups excluding carboxylic acids is 4. The lowest BCUT2D eigenvalue weighted by Gasteiger charge is -2.23. The van der Waals surface area contributed by atoms with Gasteiger partial charge in [0, 0.05) is 12.8 Å². The lowest BCUT2D eigenvalue weighted by Crippen LogP contribution is -2.56. The Morgan fingerprint density at radius 1 is 0.882 bits per heavy atom. The largest absolute Gasteiger partial charge is 0.481 e. The summed E-state index contributed by atoms with van der Waals surface area (Å²) < 4.78 is 0. The SMILES string of the molecule is CC(NC(=O)C(N)CC(=O)O)C(=O)NC(CCC(N)=O)C(=O)NC(Cc1ccccc1)C(=O)O. The summed E-state index contributed by atoms with van der Waals surface area (Å²) in [7, 11) is 0. The Morgan fingerprint density at radius 2 is 1.47 bits per heavy atom. The molecule has 4 amide bonds. The number of amides is 4. The molecule has 4 atom stereocenters. The lowest BCUT2D eigenvalue weighted by atomic mass is 10.0. The second-order valence-corrected chi connectivity index (χ2v) is 7.59. The van der Waals surface area contributed by atoms with E-state index in [9.17, 15) is 33.9 Å². The molecule has 4 unspecified atom stereocenters. The zero-order valence-electron chi connectivity index (χ0n) is 18.5. The van der Waals surface area contributed by atoms with E-state index < -0.39 is 66.2 Å². The van der Waals surface area contributed by atoms with E-state index in [4.69, 9.17) is 16.6 Å². The molecule has 13 nitrogen and oxygen atoms in total. The third kappa shape index (κ3) is 10.1. The van der Waals surface area contributed by atoms with Gasteiger partial charge in [-0.15, -0.1) is 0 Å². The smallest absolute Gasteiger partial charge is 0.326 e. The number of rotatable bonds is 14. The molecule has 0 radical (unpaired) electrons. The van der Waals surface area contributed by atoms with Gasteiger partial charge in [-0.3, -0.25) is 24.0 Å². The number of nitrogens with one attached hydrogen (secondary N) is 3. The first-order valence-electron chi connectivity index (χ1n) is 10.3. The molecule has 0 saturated heterocycles. The summed E-state index contributed by atoms with van der Waals surface area (Å²) in [6.07, 6.45) is -1.17. The van der Waals surface area contributed by atoms with E-state index >= 15 is 0 Å². The maximum Gasteiger partial charge on any atom is 0.326 e. The average molecular weight is 479 g/mol. The monoisotopic (exact) mass is 479 g/mol. The molecule has 1 aromatic carbocycles. The quantitative estimate of drug-likeness (QED) is 0.154. The van der Waals surface area contributed by atoms with Gasteiger partial charge < -0.3 is 37.6 Å². The highest BCUT2D eigenvalue weighted by Gasteiger charge is 2.29. The molecule has 34 heavy (non-hydrogen) atoms. The zero-order chi connectivity index (χ0) is 25.8. The van der Waals surface area contributed by atoms with Crippen LogP contribution in [0.25, 0.3) is 0 Å². The van der Waals surface area contributed by atoms with Gasteiger partial charge in [0.2, 0.25) is 23.6 Å². The molecule has 0 heterocycles. The number of nitrogens with two attached hydrogens (primary N) is 2. The number of carbonyl (C=O) groups is 6. The highest BCUT2D eigenvalue weighted by molar-refractivity contribution is 5.94.